The van der Waals surface area contributed by atoms with Crippen molar-refractivity contribution in [2.24, 2.45) is 0 Å². The molecule has 612 valence electrons. The van der Waals surface area contributed by atoms with Crippen LogP contribution in [-0.2, 0) is 43.3 Å². The van der Waals surface area contributed by atoms with Crippen LogP contribution in [0, 0.1) is 0 Å². The van der Waals surface area contributed by atoms with Crippen LogP contribution in [0.1, 0.15) is 211 Å². The summed E-state index contributed by atoms with van der Waals surface area (Å²) in [5.74, 6) is 0. The fourth-order valence-corrected chi connectivity index (χ4v) is 28.4. The van der Waals surface area contributed by atoms with Crippen molar-refractivity contribution in [3.63, 3.8) is 0 Å². The monoisotopic (exact) mass is 1610 g/mol. The third-order valence-electron chi connectivity index (χ3n) is 27.7. The Bertz CT molecular complexity index is 6640. The van der Waals surface area contributed by atoms with Crippen LogP contribution in [0.4, 0.5) is 34.1 Å². The Balaban J connectivity index is 1.01. The fraction of sp³-hybridized carbons (Fsp3) is 0.276. The molecule has 17 aromatic rings. The van der Waals surface area contributed by atoms with E-state index < -0.39 is 6.60 Å². The molecular weight excluding hydrogens is 1490 g/mol. The van der Waals surface area contributed by atoms with E-state index in [1.54, 1.807) is 0 Å². The Labute approximate surface area is 723 Å². The molecule has 5 nitrogen and oxygen atoms in total. The number of para-hydroxylation sites is 4. The van der Waals surface area contributed by atoms with Crippen LogP contribution in [-0.4, -0.2) is 13.7 Å². The van der Waals surface area contributed by atoms with Gasteiger partial charge in [-0.25, -0.2) is 0 Å². The quantitative estimate of drug-likeness (QED) is 0.148. The molecule has 6 heteroatoms. The van der Waals surface area contributed by atoms with Crippen LogP contribution in [0.15, 0.2) is 279 Å². The van der Waals surface area contributed by atoms with Gasteiger partial charge in [-0.15, -0.1) is 0 Å². The molecular formula is C116H118N5P. The van der Waals surface area contributed by atoms with E-state index in [2.05, 4.69) is 469 Å². The third kappa shape index (κ3) is 11.7. The van der Waals surface area contributed by atoms with Crippen LogP contribution >= 0.6 is 6.60 Å². The Kier molecular flexibility index (Phi) is 17.0. The number of aromatic nitrogens is 3. The Morgan fingerprint density at radius 1 is 0.197 bits per heavy atom. The summed E-state index contributed by atoms with van der Waals surface area (Å²) in [4.78, 5) is 5.43. The molecule has 122 heavy (non-hydrogen) atoms. The van der Waals surface area contributed by atoms with Gasteiger partial charge in [0, 0.05) is 0 Å². The molecule has 6 heterocycles. The third-order valence-corrected chi connectivity index (χ3v) is 34.2. The summed E-state index contributed by atoms with van der Waals surface area (Å²) in [7, 11) is 0. The van der Waals surface area contributed by atoms with Crippen molar-refractivity contribution >= 4 is 133 Å². The number of hydrogen-bond acceptors (Lipinski definition) is 2. The first-order chi connectivity index (χ1) is 57.5. The van der Waals surface area contributed by atoms with E-state index >= 15 is 0 Å². The number of nitrogens with zero attached hydrogens (tertiary/aromatic N) is 5. The molecule has 0 atom stereocenters. The second-order valence-electron chi connectivity index (χ2n) is 44.1. The van der Waals surface area contributed by atoms with Crippen molar-refractivity contribution in [2.45, 2.75) is 209 Å². The maximum absolute atomic E-state index is 4.17. The van der Waals surface area contributed by atoms with Gasteiger partial charge < -0.3 is 0 Å². The van der Waals surface area contributed by atoms with Crippen LogP contribution < -0.4 is 36.3 Å². The van der Waals surface area contributed by atoms with Gasteiger partial charge in [-0.2, -0.15) is 0 Å². The van der Waals surface area contributed by atoms with Gasteiger partial charge in [-0.3, -0.25) is 0 Å². The molecule has 0 bridgehead atoms. The number of rotatable bonds is 7. The second-order valence-corrected chi connectivity index (χ2v) is 48.7. The van der Waals surface area contributed by atoms with Crippen molar-refractivity contribution < 1.29 is 0 Å². The SMILES string of the molecule is CC(C)(C)c1cc(-c2cccc3c4cccc(-c5cc(C(C)(C)C)cc(C(C)(C)C)c5)c4n(-c4cc5c6c(c4)N(c4ccccc4)c4cc(-n7c8cc(C(C)(C)C)ccc8c8ccc(C(C)(C)C)cc87)ccc4P64(c6ccc(-n7c8cc(C(C)(C)C)ccc8c8ccc(C(C)(C)C)cc87)cc6N5c5ccccc5)c5ccccc54)c23)cc(C(C)(C)C)c1. The number of fused-ring (bicyclic) bond motifs is 12. The molecule has 3 aliphatic rings. The topological polar surface area (TPSA) is 21.3 Å². The Morgan fingerprint density at radius 3 is 0.795 bits per heavy atom. The van der Waals surface area contributed by atoms with Gasteiger partial charge >= 0.3 is 729 Å². The zero-order valence-corrected chi connectivity index (χ0v) is 77.1. The first-order valence-corrected chi connectivity index (χ1v) is 46.6. The molecule has 1 spiro atoms. The van der Waals surface area contributed by atoms with E-state index in [9.17, 15) is 0 Å². The molecule has 0 saturated carbocycles. The predicted octanol–water partition coefficient (Wildman–Crippen LogP) is 30.1. The van der Waals surface area contributed by atoms with E-state index in [4.69, 9.17) is 0 Å². The maximum atomic E-state index is 2.76. The summed E-state index contributed by atoms with van der Waals surface area (Å²) in [6, 6.07) is 112. The number of hydrogen-bond donors (Lipinski definition) is 0. The number of anilines is 6. The standard InChI is InChI=1S/C116H118N5P/c1-109(2,3)73-45-51-88-89-52-46-74(110(4,5)6)64-95(89)119(94(88)63-73)83-49-55-102-98(67-83)117(81-35-27-25-28-36-81)100-69-85(121-106-86(71-57-77(113(13,14)15)61-78(58-71)114(16,17)18)39-33-41-92(106)93-42-34-40-87(107(93)121)72-59-79(115(19,20)21)62-80(60-72)116(22,23)24)70-101-108(100)122(102,104-43-31-32-44-105(104)122)103-56-50-84(68-99(103)118(101)82-37-29-26-30-38-82)120-96-65-75(111(7,8)9)47-53-90(96)91-54-48-76(66-97(91)120)112(10,11)12/h25-70H,1-24H3. The van der Waals surface area contributed by atoms with E-state index in [1.807, 2.05) is 0 Å². The predicted molar refractivity (Wildman–Crippen MR) is 531 cm³/mol. The van der Waals surface area contributed by atoms with Crippen molar-refractivity contribution in [3.8, 4) is 39.3 Å². The van der Waals surface area contributed by atoms with Crippen molar-refractivity contribution in [3.05, 3.63) is 324 Å². The Hall–Kier alpha value is -11.5. The normalized spacial score (nSPS) is 15.0. The average molecular weight is 1610 g/mol. The molecule has 0 amide bonds. The summed E-state index contributed by atoms with van der Waals surface area (Å²) in [5.41, 5.74) is 31.6. The van der Waals surface area contributed by atoms with E-state index in [-0.39, 0.29) is 43.3 Å². The zero-order valence-electron chi connectivity index (χ0n) is 76.2. The van der Waals surface area contributed by atoms with E-state index in [0.29, 0.717) is 0 Å². The van der Waals surface area contributed by atoms with Gasteiger partial charge in [0.1, 0.15) is 0 Å². The minimum atomic E-state index is -4.17. The summed E-state index contributed by atoms with van der Waals surface area (Å²) >= 11 is 0. The van der Waals surface area contributed by atoms with E-state index in [1.165, 1.54) is 170 Å². The first-order valence-electron chi connectivity index (χ1n) is 44.4. The van der Waals surface area contributed by atoms with Crippen LogP contribution in [0.2, 0.25) is 0 Å². The van der Waals surface area contributed by atoms with Crippen LogP contribution in [0.3, 0.4) is 0 Å². The van der Waals surface area contributed by atoms with Crippen molar-refractivity contribution in [1.29, 1.82) is 0 Å². The fourth-order valence-electron chi connectivity index (χ4n) is 20.8. The summed E-state index contributed by atoms with van der Waals surface area (Å²) in [5, 5.41) is 14.3. The number of benzene rings is 14. The van der Waals surface area contributed by atoms with Gasteiger partial charge in [0.15, 0.2) is 0 Å². The van der Waals surface area contributed by atoms with Gasteiger partial charge in [0.2, 0.25) is 0 Å². The molecule has 0 fully saturated rings. The molecule has 0 saturated heterocycles. The average Bonchev–Trinajstić information content (AvgIpc) is 1.42. The van der Waals surface area contributed by atoms with Crippen molar-refractivity contribution in [1.82, 2.24) is 13.7 Å². The molecule has 0 radical (unpaired) electrons. The summed E-state index contributed by atoms with van der Waals surface area (Å²) in [6.07, 6.45) is 0. The summed E-state index contributed by atoms with van der Waals surface area (Å²) < 4.78 is 8.01. The molecule has 14 aromatic carbocycles. The molecule has 0 unspecified atom stereocenters. The molecule has 3 aromatic heterocycles. The van der Waals surface area contributed by atoms with Gasteiger partial charge in [-0.05, 0) is 0 Å². The van der Waals surface area contributed by atoms with Gasteiger partial charge in [0.05, 0.1) is 0 Å². The second kappa shape index (κ2) is 26.3. The Morgan fingerprint density at radius 2 is 0.492 bits per heavy atom. The van der Waals surface area contributed by atoms with Crippen LogP contribution in [0.5, 0.6) is 0 Å². The first kappa shape index (κ1) is 79.0. The van der Waals surface area contributed by atoms with E-state index in [0.717, 1.165) is 39.8 Å². The van der Waals surface area contributed by atoms with Crippen molar-refractivity contribution in [2.75, 3.05) is 9.80 Å². The molecule has 20 rings (SSSR count). The molecule has 3 aliphatic heterocycles. The molecule has 0 N–H and O–H groups in total. The summed E-state index contributed by atoms with van der Waals surface area (Å²) in [6.45, 7) is 52.6. The van der Waals surface area contributed by atoms with Crippen LogP contribution in [0.25, 0.3) is 105 Å². The van der Waals surface area contributed by atoms with Gasteiger partial charge in [-0.1, -0.05) is 0 Å². The minimum absolute atomic E-state index is 0.108. The zero-order chi connectivity index (χ0) is 85.8. The van der Waals surface area contributed by atoms with Gasteiger partial charge in [0.25, 0.3) is 0 Å². The molecule has 0 aliphatic carbocycles.